The van der Waals surface area contributed by atoms with Crippen LogP contribution in [0.3, 0.4) is 0 Å². The first-order chi connectivity index (χ1) is 9.66. The van der Waals surface area contributed by atoms with Crippen LogP contribution in [0, 0.1) is 5.82 Å². The molecule has 0 amide bonds. The molecule has 0 unspecified atom stereocenters. The molecule has 0 spiro atoms. The predicted molar refractivity (Wildman–Crippen MR) is 70.8 cm³/mol. The third-order valence-corrected chi connectivity index (χ3v) is 2.53. The molecule has 0 atom stereocenters. The molecule has 4 nitrogen and oxygen atoms in total. The maximum atomic E-state index is 13.4. The van der Waals surface area contributed by atoms with Crippen molar-refractivity contribution in [1.29, 1.82) is 0 Å². The minimum Gasteiger partial charge on any atom is -0.490 e. The smallest absolute Gasteiger partial charge is 0.338 e. The number of rotatable bonds is 6. The highest BCUT2D eigenvalue weighted by molar-refractivity contribution is 5.88. The molecule has 2 aromatic carbocycles. The van der Waals surface area contributed by atoms with E-state index in [9.17, 15) is 9.18 Å². The van der Waals surface area contributed by atoms with Crippen LogP contribution in [0.15, 0.2) is 48.5 Å². The molecule has 5 heteroatoms. The quantitative estimate of drug-likeness (QED) is 0.824. The van der Waals surface area contributed by atoms with Crippen LogP contribution in [-0.4, -0.2) is 24.3 Å². The van der Waals surface area contributed by atoms with Gasteiger partial charge in [0.15, 0.2) is 0 Å². The highest BCUT2D eigenvalue weighted by atomic mass is 19.1. The maximum Gasteiger partial charge on any atom is 0.338 e. The summed E-state index contributed by atoms with van der Waals surface area (Å²) < 4.78 is 24.1. The van der Waals surface area contributed by atoms with Gasteiger partial charge in [-0.1, -0.05) is 18.2 Å². The third-order valence-electron chi connectivity index (χ3n) is 2.53. The van der Waals surface area contributed by atoms with Gasteiger partial charge in [0.1, 0.15) is 30.5 Å². The van der Waals surface area contributed by atoms with E-state index in [1.54, 1.807) is 0 Å². The molecule has 1 N–H and O–H groups in total. The lowest BCUT2D eigenvalue weighted by atomic mass is 10.2. The summed E-state index contributed by atoms with van der Waals surface area (Å²) in [5.74, 6) is -1.13. The number of hydrogen-bond acceptors (Lipinski definition) is 3. The van der Waals surface area contributed by atoms with Gasteiger partial charge in [0, 0.05) is 6.07 Å². The maximum absolute atomic E-state index is 13.4. The van der Waals surface area contributed by atoms with Gasteiger partial charge in [-0.25, -0.2) is 9.18 Å². The lowest BCUT2D eigenvalue weighted by Crippen LogP contribution is -2.09. The number of carboxylic acids is 1. The molecule has 104 valence electrons. The second-order valence-corrected chi connectivity index (χ2v) is 3.96. The Morgan fingerprint density at radius 3 is 2.25 bits per heavy atom. The second kappa shape index (κ2) is 6.56. The van der Waals surface area contributed by atoms with Crippen molar-refractivity contribution < 1.29 is 23.8 Å². The van der Waals surface area contributed by atoms with Gasteiger partial charge in [0.05, 0.1) is 5.56 Å². The van der Waals surface area contributed by atoms with Gasteiger partial charge in [-0.3, -0.25) is 0 Å². The minimum atomic E-state index is -1.30. The lowest BCUT2D eigenvalue weighted by molar-refractivity contribution is 0.0692. The Balaban J connectivity index is 1.83. The predicted octanol–water partition coefficient (Wildman–Crippen LogP) is 2.98. The molecule has 2 aromatic rings. The van der Waals surface area contributed by atoms with Crippen LogP contribution >= 0.6 is 0 Å². The normalized spacial score (nSPS) is 10.1. The van der Waals surface area contributed by atoms with Gasteiger partial charge in [-0.2, -0.15) is 0 Å². The van der Waals surface area contributed by atoms with Gasteiger partial charge in [-0.05, 0) is 24.3 Å². The Hall–Kier alpha value is -2.56. The van der Waals surface area contributed by atoms with Crippen LogP contribution in [0.2, 0.25) is 0 Å². The second-order valence-electron chi connectivity index (χ2n) is 3.96. The Kier molecular flexibility index (Phi) is 4.55. The number of carboxylic acid groups (broad SMARTS) is 1. The monoisotopic (exact) mass is 276 g/mol. The van der Waals surface area contributed by atoms with E-state index in [0.29, 0.717) is 6.61 Å². The van der Waals surface area contributed by atoms with E-state index >= 15 is 0 Å². The van der Waals surface area contributed by atoms with E-state index < -0.39 is 11.8 Å². The number of ether oxygens (including phenoxy) is 2. The van der Waals surface area contributed by atoms with Gasteiger partial charge in [-0.15, -0.1) is 0 Å². The Labute approximate surface area is 115 Å². The highest BCUT2D eigenvalue weighted by Gasteiger charge is 2.10. The first-order valence-electron chi connectivity index (χ1n) is 6.00. The molecule has 2 rings (SSSR count). The third kappa shape index (κ3) is 3.71. The van der Waals surface area contributed by atoms with Crippen molar-refractivity contribution in [2.75, 3.05) is 13.2 Å². The zero-order chi connectivity index (χ0) is 14.4. The lowest BCUT2D eigenvalue weighted by Gasteiger charge is -2.08. The van der Waals surface area contributed by atoms with Crippen LogP contribution in [0.25, 0.3) is 0 Å². The van der Waals surface area contributed by atoms with Gasteiger partial charge < -0.3 is 14.6 Å². The fourth-order valence-electron chi connectivity index (χ4n) is 1.59. The average molecular weight is 276 g/mol. The topological polar surface area (TPSA) is 55.8 Å². The van der Waals surface area contributed by atoms with Crippen molar-refractivity contribution in [2.24, 2.45) is 0 Å². The summed E-state index contributed by atoms with van der Waals surface area (Å²) in [6, 6.07) is 12.9. The van der Waals surface area contributed by atoms with Crippen molar-refractivity contribution in [3.8, 4) is 11.5 Å². The van der Waals surface area contributed by atoms with Crippen molar-refractivity contribution in [2.45, 2.75) is 0 Å². The first kappa shape index (κ1) is 13.9. The van der Waals surface area contributed by atoms with Crippen molar-refractivity contribution in [3.63, 3.8) is 0 Å². The minimum absolute atomic E-state index is 0.237. The fraction of sp³-hybridized carbons (Fsp3) is 0.133. The number of hydrogen-bond donors (Lipinski definition) is 1. The van der Waals surface area contributed by atoms with Crippen molar-refractivity contribution in [3.05, 3.63) is 59.9 Å². The van der Waals surface area contributed by atoms with Crippen LogP contribution in [0.5, 0.6) is 11.5 Å². The van der Waals surface area contributed by atoms with Gasteiger partial charge in [0.2, 0.25) is 0 Å². The van der Waals surface area contributed by atoms with E-state index in [-0.39, 0.29) is 17.9 Å². The van der Waals surface area contributed by atoms with Crippen molar-refractivity contribution >= 4 is 5.97 Å². The molecule has 20 heavy (non-hydrogen) atoms. The van der Waals surface area contributed by atoms with Crippen LogP contribution in [0.1, 0.15) is 10.4 Å². The van der Waals surface area contributed by atoms with E-state index in [0.717, 1.165) is 11.8 Å². The first-order valence-corrected chi connectivity index (χ1v) is 6.00. The largest absolute Gasteiger partial charge is 0.490 e. The Morgan fingerprint density at radius 2 is 1.65 bits per heavy atom. The standard InChI is InChI=1S/C15H13FO4/c16-14-10-12(6-7-13(14)15(17)18)20-9-8-19-11-4-2-1-3-5-11/h1-7,10H,8-9H2,(H,17,18). The zero-order valence-corrected chi connectivity index (χ0v) is 10.6. The highest BCUT2D eigenvalue weighted by Crippen LogP contribution is 2.16. The summed E-state index contributed by atoms with van der Waals surface area (Å²) >= 11 is 0. The van der Waals surface area contributed by atoms with Crippen LogP contribution < -0.4 is 9.47 Å². The summed E-state index contributed by atoms with van der Waals surface area (Å²) in [6.45, 7) is 0.549. The number of benzene rings is 2. The van der Waals surface area contributed by atoms with E-state index in [1.807, 2.05) is 30.3 Å². The summed E-state index contributed by atoms with van der Waals surface area (Å²) in [5.41, 5.74) is -0.377. The molecular formula is C15H13FO4. The number of carbonyl (C=O) groups is 1. The number of halogens is 1. The molecule has 0 saturated heterocycles. The van der Waals surface area contributed by atoms with E-state index in [1.165, 1.54) is 12.1 Å². The number of para-hydroxylation sites is 1. The molecule has 0 bridgehead atoms. The molecule has 0 fully saturated rings. The van der Waals surface area contributed by atoms with Crippen LogP contribution in [-0.2, 0) is 0 Å². The zero-order valence-electron chi connectivity index (χ0n) is 10.6. The molecule has 0 aliphatic carbocycles. The van der Waals surface area contributed by atoms with E-state index in [2.05, 4.69) is 0 Å². The average Bonchev–Trinajstić information content (AvgIpc) is 2.44. The molecule has 0 radical (unpaired) electrons. The summed E-state index contributed by atoms with van der Waals surface area (Å²) in [5, 5.41) is 8.70. The number of aromatic carboxylic acids is 1. The molecule has 0 aliphatic heterocycles. The van der Waals surface area contributed by atoms with Crippen molar-refractivity contribution in [1.82, 2.24) is 0 Å². The molecular weight excluding hydrogens is 263 g/mol. The summed E-state index contributed by atoms with van der Waals surface area (Å²) in [6.07, 6.45) is 0. The SMILES string of the molecule is O=C(O)c1ccc(OCCOc2ccccc2)cc1F. The molecule has 0 saturated carbocycles. The molecule has 0 aliphatic rings. The van der Waals surface area contributed by atoms with Gasteiger partial charge in [0.25, 0.3) is 0 Å². The van der Waals surface area contributed by atoms with Crippen LogP contribution in [0.4, 0.5) is 4.39 Å². The molecule has 0 heterocycles. The van der Waals surface area contributed by atoms with E-state index in [4.69, 9.17) is 14.6 Å². The Morgan fingerprint density at radius 1 is 1.00 bits per heavy atom. The summed E-state index contributed by atoms with van der Waals surface area (Å²) in [7, 11) is 0. The molecule has 0 aromatic heterocycles. The summed E-state index contributed by atoms with van der Waals surface area (Å²) in [4.78, 5) is 10.6. The fourth-order valence-corrected chi connectivity index (χ4v) is 1.59. The van der Waals surface area contributed by atoms with Gasteiger partial charge >= 0.3 is 5.97 Å². The Bertz CT molecular complexity index is 584.